The second-order valence-electron chi connectivity index (χ2n) is 6.50. The number of rotatable bonds is 8. The zero-order valence-electron chi connectivity index (χ0n) is 15.8. The molecule has 0 fully saturated rings. The van der Waals surface area contributed by atoms with Crippen LogP contribution in [-0.2, 0) is 16.6 Å². The van der Waals surface area contributed by atoms with Crippen LogP contribution in [-0.4, -0.2) is 38.7 Å². The van der Waals surface area contributed by atoms with E-state index in [2.05, 4.69) is 4.72 Å². The Kier molecular flexibility index (Phi) is 5.87. The number of nitrogens with one attached hydrogen (secondary N) is 1. The maximum Gasteiger partial charge on any atom is 0.208 e. The largest absolute Gasteiger partial charge is 0.497 e. The van der Waals surface area contributed by atoms with Crippen molar-refractivity contribution < 1.29 is 22.3 Å². The minimum atomic E-state index is -3.21. The summed E-state index contributed by atoms with van der Waals surface area (Å²) in [5.41, 5.74) is 1.03. The van der Waals surface area contributed by atoms with Gasteiger partial charge in [0.15, 0.2) is 0 Å². The van der Waals surface area contributed by atoms with Gasteiger partial charge in [0.1, 0.15) is 16.4 Å². The Morgan fingerprint density at radius 1 is 1.29 bits per heavy atom. The van der Waals surface area contributed by atoms with Crippen LogP contribution in [0.25, 0.3) is 10.2 Å². The summed E-state index contributed by atoms with van der Waals surface area (Å²) in [5.74, 6) is -0.632. The van der Waals surface area contributed by atoms with Crippen molar-refractivity contribution in [2.45, 2.75) is 19.9 Å². The van der Waals surface area contributed by atoms with Crippen LogP contribution in [0.5, 0.6) is 5.75 Å². The third-order valence-corrected chi connectivity index (χ3v) is 6.24. The van der Waals surface area contributed by atoms with Crippen LogP contribution in [0.15, 0.2) is 30.3 Å². The number of methoxy groups -OCH3 is 1. The van der Waals surface area contributed by atoms with E-state index in [1.165, 1.54) is 30.6 Å². The predicted molar refractivity (Wildman–Crippen MR) is 108 cm³/mol. The van der Waals surface area contributed by atoms with Gasteiger partial charge in [-0.05, 0) is 37.6 Å². The Hall–Kier alpha value is -2.23. The molecule has 3 rings (SSSR count). The van der Waals surface area contributed by atoms with E-state index in [1.807, 2.05) is 17.6 Å². The molecule has 3 aromatic rings. The molecule has 9 heteroatoms. The number of aromatic nitrogens is 1. The summed E-state index contributed by atoms with van der Waals surface area (Å²) in [6.07, 6.45) is 1.74. The molecule has 6 nitrogen and oxygen atoms in total. The Morgan fingerprint density at radius 3 is 2.68 bits per heavy atom. The molecule has 0 unspecified atom stereocenters. The van der Waals surface area contributed by atoms with E-state index in [9.17, 15) is 17.6 Å². The number of fused-ring (bicyclic) bond motifs is 1. The number of halogens is 1. The second kappa shape index (κ2) is 8.02. The standard InChI is InChI=1S/C19H21FN2O4S2/c1-12-9-13-10-17(18(23)15-6-5-14(26-2)11-16(15)20)27-19(13)22(12)8-4-7-21-28(3,24)25/h5-6,9-11,21H,4,7-8H2,1-3H3. The molecule has 0 aliphatic rings. The summed E-state index contributed by atoms with van der Waals surface area (Å²) in [5, 5.41) is 0.913. The highest BCUT2D eigenvalue weighted by atomic mass is 32.2. The van der Waals surface area contributed by atoms with Gasteiger partial charge in [-0.2, -0.15) is 0 Å². The molecule has 2 aromatic heterocycles. The van der Waals surface area contributed by atoms with Crippen LogP contribution in [0.2, 0.25) is 0 Å². The molecule has 28 heavy (non-hydrogen) atoms. The Balaban J connectivity index is 1.82. The summed E-state index contributed by atoms with van der Waals surface area (Å²) >= 11 is 1.31. The first-order chi connectivity index (χ1) is 13.2. The number of carbonyl (C=O) groups is 1. The van der Waals surface area contributed by atoms with Crippen LogP contribution in [0, 0.1) is 12.7 Å². The molecule has 0 saturated carbocycles. The van der Waals surface area contributed by atoms with Crippen LogP contribution < -0.4 is 9.46 Å². The fourth-order valence-corrected chi connectivity index (χ4v) is 4.69. The fourth-order valence-electron chi connectivity index (χ4n) is 3.00. The molecule has 1 N–H and O–H groups in total. The molecular weight excluding hydrogens is 403 g/mol. The molecule has 150 valence electrons. The van der Waals surface area contributed by atoms with E-state index in [-0.39, 0.29) is 11.3 Å². The van der Waals surface area contributed by atoms with E-state index in [1.54, 1.807) is 12.1 Å². The first kappa shape index (κ1) is 20.5. The summed E-state index contributed by atoms with van der Waals surface area (Å²) in [7, 11) is -1.77. The Morgan fingerprint density at radius 2 is 2.04 bits per heavy atom. The quantitative estimate of drug-likeness (QED) is 0.444. The third-order valence-electron chi connectivity index (χ3n) is 4.34. The van der Waals surface area contributed by atoms with Crippen LogP contribution in [0.4, 0.5) is 4.39 Å². The molecule has 0 bridgehead atoms. The Bertz CT molecular complexity index is 1130. The van der Waals surface area contributed by atoms with Gasteiger partial charge >= 0.3 is 0 Å². The van der Waals surface area contributed by atoms with Crippen molar-refractivity contribution in [2.24, 2.45) is 0 Å². The zero-order valence-corrected chi connectivity index (χ0v) is 17.4. The van der Waals surface area contributed by atoms with Gasteiger partial charge in [-0.1, -0.05) is 0 Å². The number of hydrogen-bond acceptors (Lipinski definition) is 5. The summed E-state index contributed by atoms with van der Waals surface area (Å²) < 4.78 is 46.1. The second-order valence-corrected chi connectivity index (χ2v) is 9.37. The molecule has 0 aliphatic heterocycles. The van der Waals surface area contributed by atoms with Crippen molar-refractivity contribution in [1.29, 1.82) is 0 Å². The highest BCUT2D eigenvalue weighted by molar-refractivity contribution is 7.88. The molecule has 2 heterocycles. The molecular formula is C19H21FN2O4S2. The molecule has 1 aromatic carbocycles. The van der Waals surface area contributed by atoms with Gasteiger partial charge in [0.25, 0.3) is 0 Å². The number of thiophene rings is 1. The van der Waals surface area contributed by atoms with E-state index in [0.717, 1.165) is 22.2 Å². The number of ketones is 1. The van der Waals surface area contributed by atoms with Crippen LogP contribution in [0.3, 0.4) is 0 Å². The van der Waals surface area contributed by atoms with Crippen molar-refractivity contribution in [3.63, 3.8) is 0 Å². The normalized spacial score (nSPS) is 11.9. The van der Waals surface area contributed by atoms with E-state index in [0.29, 0.717) is 30.1 Å². The number of carbonyl (C=O) groups excluding carboxylic acids is 1. The fraction of sp³-hybridized carbons (Fsp3) is 0.316. The first-order valence-electron chi connectivity index (χ1n) is 8.62. The van der Waals surface area contributed by atoms with Crippen molar-refractivity contribution in [1.82, 2.24) is 9.29 Å². The van der Waals surface area contributed by atoms with Gasteiger partial charge < -0.3 is 9.30 Å². The lowest BCUT2D eigenvalue weighted by Gasteiger charge is -2.07. The Labute approximate surface area is 167 Å². The summed E-state index contributed by atoms with van der Waals surface area (Å²) in [6.45, 7) is 2.91. The maximum atomic E-state index is 14.2. The average Bonchev–Trinajstić information content (AvgIpc) is 3.15. The SMILES string of the molecule is COc1ccc(C(=O)c2cc3cc(C)n(CCCNS(C)(=O)=O)c3s2)c(F)c1. The average molecular weight is 425 g/mol. The topological polar surface area (TPSA) is 77.4 Å². The summed E-state index contributed by atoms with van der Waals surface area (Å²) in [6, 6.07) is 7.92. The monoisotopic (exact) mass is 424 g/mol. The molecule has 0 atom stereocenters. The van der Waals surface area contributed by atoms with E-state index in [4.69, 9.17) is 4.74 Å². The lowest BCUT2D eigenvalue weighted by molar-refractivity contribution is 0.103. The number of sulfonamides is 1. The highest BCUT2D eigenvalue weighted by Gasteiger charge is 2.19. The van der Waals surface area contributed by atoms with Gasteiger partial charge in [0, 0.05) is 30.2 Å². The first-order valence-corrected chi connectivity index (χ1v) is 11.3. The van der Waals surface area contributed by atoms with Gasteiger partial charge in [0.2, 0.25) is 15.8 Å². The van der Waals surface area contributed by atoms with Crippen LogP contribution in [0.1, 0.15) is 27.3 Å². The maximum absolute atomic E-state index is 14.2. The number of ether oxygens (including phenoxy) is 1. The number of nitrogens with zero attached hydrogens (tertiary/aromatic N) is 1. The lowest BCUT2D eigenvalue weighted by atomic mass is 10.1. The molecule has 0 amide bonds. The number of benzene rings is 1. The van der Waals surface area contributed by atoms with Gasteiger partial charge in [-0.15, -0.1) is 11.3 Å². The van der Waals surface area contributed by atoms with Gasteiger partial charge in [-0.25, -0.2) is 17.5 Å². The van der Waals surface area contributed by atoms with Gasteiger partial charge in [-0.3, -0.25) is 4.79 Å². The number of hydrogen-bond donors (Lipinski definition) is 1. The van der Waals surface area contributed by atoms with Crippen LogP contribution >= 0.6 is 11.3 Å². The van der Waals surface area contributed by atoms with E-state index < -0.39 is 15.8 Å². The van der Waals surface area contributed by atoms with Crippen molar-refractivity contribution in [2.75, 3.05) is 19.9 Å². The molecule has 0 radical (unpaired) electrons. The smallest absolute Gasteiger partial charge is 0.208 e. The van der Waals surface area contributed by atoms with Crippen molar-refractivity contribution in [3.8, 4) is 5.75 Å². The number of aryl methyl sites for hydroxylation is 2. The molecule has 0 saturated heterocycles. The highest BCUT2D eigenvalue weighted by Crippen LogP contribution is 2.31. The minimum absolute atomic E-state index is 0.00493. The minimum Gasteiger partial charge on any atom is -0.497 e. The predicted octanol–water partition coefficient (Wildman–Crippen LogP) is 3.33. The van der Waals surface area contributed by atoms with Gasteiger partial charge in [0.05, 0.1) is 23.8 Å². The third kappa shape index (κ3) is 4.43. The van der Waals surface area contributed by atoms with Crippen molar-refractivity contribution in [3.05, 3.63) is 52.3 Å². The van der Waals surface area contributed by atoms with E-state index >= 15 is 0 Å². The lowest BCUT2D eigenvalue weighted by Crippen LogP contribution is -2.23. The molecule has 0 aliphatic carbocycles. The summed E-state index contributed by atoms with van der Waals surface area (Å²) in [4.78, 5) is 14.1. The van der Waals surface area contributed by atoms with Crippen molar-refractivity contribution >= 4 is 37.4 Å². The molecule has 0 spiro atoms. The zero-order chi connectivity index (χ0) is 20.5.